The normalized spacial score (nSPS) is 13.4. The second-order valence-electron chi connectivity index (χ2n) is 6.62. The smallest absolute Gasteiger partial charge is 0.234 e. The summed E-state index contributed by atoms with van der Waals surface area (Å²) < 4.78 is 2.07. The minimum Gasteiger partial charge on any atom is -0.351 e. The second kappa shape index (κ2) is 8.34. The molecular weight excluding hydrogens is 348 g/mol. The molecule has 0 atom stereocenters. The van der Waals surface area contributed by atoms with E-state index < -0.39 is 0 Å². The van der Waals surface area contributed by atoms with Gasteiger partial charge in [-0.2, -0.15) is 0 Å². The van der Waals surface area contributed by atoms with Crippen LogP contribution in [0.4, 0.5) is 0 Å². The Labute approximate surface area is 159 Å². The number of carbonyl (C=O) groups excluding carboxylic acids is 1. The van der Waals surface area contributed by atoms with Gasteiger partial charge in [0.1, 0.15) is 6.33 Å². The molecule has 1 heterocycles. The fraction of sp³-hybridized carbons (Fsp3) is 0.300. The lowest BCUT2D eigenvalue weighted by molar-refractivity contribution is -0.120. The quantitative estimate of drug-likeness (QED) is 0.672. The van der Waals surface area contributed by atoms with E-state index in [1.54, 1.807) is 0 Å². The minimum atomic E-state index is 0. The van der Waals surface area contributed by atoms with E-state index in [0.717, 1.165) is 34.7 Å². The maximum absolute atomic E-state index is 11.8. The zero-order chi connectivity index (χ0) is 17.1. The number of amides is 1. The number of imidazole rings is 1. The van der Waals surface area contributed by atoms with Crippen LogP contribution in [0.1, 0.15) is 18.4 Å². The summed E-state index contributed by atoms with van der Waals surface area (Å²) in [6.07, 6.45) is 4.44. The first-order valence-corrected chi connectivity index (χ1v) is 8.78. The first-order valence-electron chi connectivity index (χ1n) is 8.78. The van der Waals surface area contributed by atoms with Gasteiger partial charge in [0, 0.05) is 12.2 Å². The van der Waals surface area contributed by atoms with Crippen molar-refractivity contribution in [3.63, 3.8) is 0 Å². The number of para-hydroxylation sites is 2. The number of hydrogen-bond donors (Lipinski definition) is 2. The Morgan fingerprint density at radius 3 is 2.65 bits per heavy atom. The molecule has 0 aliphatic heterocycles. The van der Waals surface area contributed by atoms with Gasteiger partial charge in [-0.1, -0.05) is 24.3 Å². The van der Waals surface area contributed by atoms with Crippen molar-refractivity contribution < 1.29 is 4.79 Å². The molecule has 136 valence electrons. The molecule has 1 saturated carbocycles. The van der Waals surface area contributed by atoms with E-state index in [4.69, 9.17) is 0 Å². The molecule has 1 fully saturated rings. The topological polar surface area (TPSA) is 59.0 Å². The van der Waals surface area contributed by atoms with Gasteiger partial charge in [0.2, 0.25) is 5.91 Å². The largest absolute Gasteiger partial charge is 0.351 e. The summed E-state index contributed by atoms with van der Waals surface area (Å²) >= 11 is 0. The summed E-state index contributed by atoms with van der Waals surface area (Å²) in [5.74, 6) is 0.838. The summed E-state index contributed by atoms with van der Waals surface area (Å²) in [6.45, 7) is 1.91. The third kappa shape index (κ3) is 4.42. The third-order valence-electron chi connectivity index (χ3n) is 4.57. The average molecular weight is 371 g/mol. The standard InChI is InChI=1S/C20H22N4O.ClH/c25-20(13-21-11-15-5-6-15)22-12-16-7-9-17(10-8-16)24-14-23-18-3-1-2-4-19(18)24;/h1-4,7-10,14-15,21H,5-6,11-13H2,(H,22,25);1H. The van der Waals surface area contributed by atoms with E-state index in [1.165, 1.54) is 12.8 Å². The summed E-state index contributed by atoms with van der Waals surface area (Å²) in [5.41, 5.74) is 4.22. The molecule has 0 spiro atoms. The first-order chi connectivity index (χ1) is 12.3. The number of rotatable bonds is 7. The van der Waals surface area contributed by atoms with E-state index in [-0.39, 0.29) is 18.3 Å². The highest BCUT2D eigenvalue weighted by Crippen LogP contribution is 2.27. The molecular formula is C20H23ClN4O. The number of fused-ring (bicyclic) bond motifs is 1. The molecule has 1 amide bonds. The van der Waals surface area contributed by atoms with Crippen molar-refractivity contribution in [1.82, 2.24) is 20.2 Å². The molecule has 0 unspecified atom stereocenters. The lowest BCUT2D eigenvalue weighted by Crippen LogP contribution is -2.34. The van der Waals surface area contributed by atoms with E-state index >= 15 is 0 Å². The van der Waals surface area contributed by atoms with Crippen LogP contribution in [-0.2, 0) is 11.3 Å². The lowest BCUT2D eigenvalue weighted by atomic mass is 10.2. The van der Waals surface area contributed by atoms with Crippen LogP contribution in [0.2, 0.25) is 0 Å². The van der Waals surface area contributed by atoms with Crippen LogP contribution in [0.5, 0.6) is 0 Å². The maximum Gasteiger partial charge on any atom is 0.234 e. The van der Waals surface area contributed by atoms with Gasteiger partial charge in [-0.05, 0) is 55.1 Å². The van der Waals surface area contributed by atoms with Crippen LogP contribution in [0, 0.1) is 5.92 Å². The summed E-state index contributed by atoms with van der Waals surface area (Å²) in [7, 11) is 0. The average Bonchev–Trinajstić information content (AvgIpc) is 3.37. The monoisotopic (exact) mass is 370 g/mol. The molecule has 4 rings (SSSR count). The second-order valence-corrected chi connectivity index (χ2v) is 6.62. The Bertz CT molecular complexity index is 871. The predicted molar refractivity (Wildman–Crippen MR) is 106 cm³/mol. The van der Waals surface area contributed by atoms with Crippen LogP contribution in [0.25, 0.3) is 16.7 Å². The highest BCUT2D eigenvalue weighted by molar-refractivity contribution is 5.85. The number of nitrogens with zero attached hydrogens (tertiary/aromatic N) is 2. The minimum absolute atomic E-state index is 0. The Morgan fingerprint density at radius 2 is 1.88 bits per heavy atom. The Hall–Kier alpha value is -2.37. The highest BCUT2D eigenvalue weighted by Gasteiger charge is 2.20. The molecule has 0 bridgehead atoms. The van der Waals surface area contributed by atoms with Crippen molar-refractivity contribution in [2.24, 2.45) is 5.92 Å². The van der Waals surface area contributed by atoms with Gasteiger partial charge in [-0.15, -0.1) is 12.4 Å². The highest BCUT2D eigenvalue weighted by atomic mass is 35.5. The number of halogens is 1. The molecule has 0 saturated heterocycles. The van der Waals surface area contributed by atoms with Gasteiger partial charge in [-0.3, -0.25) is 9.36 Å². The molecule has 26 heavy (non-hydrogen) atoms. The van der Waals surface area contributed by atoms with E-state index in [9.17, 15) is 4.79 Å². The zero-order valence-corrected chi connectivity index (χ0v) is 15.3. The Kier molecular flexibility index (Phi) is 5.91. The van der Waals surface area contributed by atoms with Gasteiger partial charge >= 0.3 is 0 Å². The number of benzene rings is 2. The van der Waals surface area contributed by atoms with Crippen LogP contribution in [-0.4, -0.2) is 28.5 Å². The van der Waals surface area contributed by atoms with Crippen molar-refractivity contribution >= 4 is 29.3 Å². The van der Waals surface area contributed by atoms with Crippen molar-refractivity contribution in [2.75, 3.05) is 13.1 Å². The SMILES string of the molecule is Cl.O=C(CNCC1CC1)NCc1ccc(-n2cnc3ccccc32)cc1. The van der Waals surface area contributed by atoms with Gasteiger partial charge in [-0.25, -0.2) is 4.98 Å². The van der Waals surface area contributed by atoms with Gasteiger partial charge < -0.3 is 10.6 Å². The zero-order valence-electron chi connectivity index (χ0n) is 14.5. The van der Waals surface area contributed by atoms with Gasteiger partial charge in [0.25, 0.3) is 0 Å². The molecule has 1 aliphatic rings. The molecule has 2 aromatic carbocycles. The van der Waals surface area contributed by atoms with E-state index in [2.05, 4.69) is 38.4 Å². The molecule has 1 aromatic heterocycles. The molecule has 5 nitrogen and oxygen atoms in total. The van der Waals surface area contributed by atoms with Gasteiger partial charge in [0.15, 0.2) is 0 Å². The number of carbonyl (C=O) groups is 1. The van der Waals surface area contributed by atoms with E-state index in [1.807, 2.05) is 36.7 Å². The van der Waals surface area contributed by atoms with E-state index in [0.29, 0.717) is 13.1 Å². The van der Waals surface area contributed by atoms with Crippen LogP contribution in [0.3, 0.4) is 0 Å². The fourth-order valence-corrected chi connectivity index (χ4v) is 2.91. The Balaban J connectivity index is 0.00000196. The fourth-order valence-electron chi connectivity index (χ4n) is 2.91. The lowest BCUT2D eigenvalue weighted by Gasteiger charge is -2.08. The molecule has 3 aromatic rings. The van der Waals surface area contributed by atoms with Crippen LogP contribution < -0.4 is 10.6 Å². The molecule has 0 radical (unpaired) electrons. The van der Waals surface area contributed by atoms with Crippen molar-refractivity contribution in [2.45, 2.75) is 19.4 Å². The predicted octanol–water partition coefficient (Wildman–Crippen LogP) is 3.06. The van der Waals surface area contributed by atoms with Crippen molar-refractivity contribution in [3.05, 3.63) is 60.4 Å². The van der Waals surface area contributed by atoms with Crippen LogP contribution >= 0.6 is 12.4 Å². The number of hydrogen-bond acceptors (Lipinski definition) is 3. The van der Waals surface area contributed by atoms with Crippen molar-refractivity contribution in [3.8, 4) is 5.69 Å². The third-order valence-corrected chi connectivity index (χ3v) is 4.57. The molecule has 2 N–H and O–H groups in total. The Morgan fingerprint density at radius 1 is 1.12 bits per heavy atom. The summed E-state index contributed by atoms with van der Waals surface area (Å²) in [5, 5.41) is 6.16. The number of nitrogens with one attached hydrogen (secondary N) is 2. The first kappa shape index (κ1) is 18.4. The maximum atomic E-state index is 11.8. The van der Waals surface area contributed by atoms with Crippen molar-refractivity contribution in [1.29, 1.82) is 0 Å². The van der Waals surface area contributed by atoms with Gasteiger partial charge in [0.05, 0.1) is 17.6 Å². The summed E-state index contributed by atoms with van der Waals surface area (Å²) in [4.78, 5) is 16.3. The summed E-state index contributed by atoms with van der Waals surface area (Å²) in [6, 6.07) is 16.3. The number of aromatic nitrogens is 2. The molecule has 1 aliphatic carbocycles. The van der Waals surface area contributed by atoms with Crippen LogP contribution in [0.15, 0.2) is 54.9 Å². The molecule has 6 heteroatoms.